The predicted octanol–water partition coefficient (Wildman–Crippen LogP) is 5.10. The third-order valence-electron chi connectivity index (χ3n) is 3.90. The lowest BCUT2D eigenvalue weighted by Crippen LogP contribution is -2.24. The van der Waals surface area contributed by atoms with Gasteiger partial charge in [-0.2, -0.15) is 0 Å². The molecule has 3 aromatic rings. The fraction of sp³-hybridized carbons (Fsp3) is 0.278. The molecule has 2 unspecified atom stereocenters. The van der Waals surface area contributed by atoms with Crippen molar-refractivity contribution in [3.8, 4) is 0 Å². The van der Waals surface area contributed by atoms with E-state index in [0.717, 1.165) is 6.42 Å². The maximum atomic E-state index is 4.45. The molecule has 0 bridgehead atoms. The van der Waals surface area contributed by atoms with Crippen LogP contribution in [0.2, 0.25) is 0 Å². The van der Waals surface area contributed by atoms with E-state index in [-0.39, 0.29) is 0 Å². The highest BCUT2D eigenvalue weighted by Gasteiger charge is 2.16. The number of rotatable bonds is 5. The molecule has 0 aliphatic carbocycles. The van der Waals surface area contributed by atoms with Gasteiger partial charge in [-0.05, 0) is 29.7 Å². The summed E-state index contributed by atoms with van der Waals surface area (Å²) in [4.78, 5) is 4.45. The first-order valence-corrected chi connectivity index (χ1v) is 8.30. The van der Waals surface area contributed by atoms with Gasteiger partial charge >= 0.3 is 0 Å². The summed E-state index contributed by atoms with van der Waals surface area (Å²) in [6.45, 7) is 4.44. The fourth-order valence-corrected chi connectivity index (χ4v) is 3.57. The number of nitrogens with one attached hydrogen (secondary N) is 1. The van der Waals surface area contributed by atoms with Gasteiger partial charge in [-0.3, -0.25) is 0 Å². The van der Waals surface area contributed by atoms with Crippen molar-refractivity contribution >= 4 is 22.1 Å². The molecule has 0 amide bonds. The van der Waals surface area contributed by atoms with E-state index in [1.807, 2.05) is 11.6 Å². The number of benzene rings is 2. The number of nitrogens with zero attached hydrogens (tertiary/aromatic N) is 1. The minimum atomic E-state index is 0.296. The van der Waals surface area contributed by atoms with E-state index >= 15 is 0 Å². The summed E-state index contributed by atoms with van der Waals surface area (Å²) < 4.78 is 0. The quantitative estimate of drug-likeness (QED) is 0.708. The van der Waals surface area contributed by atoms with Crippen molar-refractivity contribution in [3.63, 3.8) is 0 Å². The van der Waals surface area contributed by atoms with E-state index in [9.17, 15) is 0 Å². The molecule has 3 rings (SSSR count). The summed E-state index contributed by atoms with van der Waals surface area (Å²) in [6, 6.07) is 15.7. The van der Waals surface area contributed by atoms with Crippen molar-refractivity contribution in [3.05, 3.63) is 64.6 Å². The molecular weight excluding hydrogens is 276 g/mol. The predicted molar refractivity (Wildman–Crippen MR) is 90.6 cm³/mol. The van der Waals surface area contributed by atoms with Gasteiger partial charge in [0.05, 0.1) is 6.04 Å². The Labute approximate surface area is 129 Å². The number of thiazole rings is 1. The molecule has 108 valence electrons. The number of hydrogen-bond donors (Lipinski definition) is 1. The molecule has 1 N–H and O–H groups in total. The van der Waals surface area contributed by atoms with E-state index in [1.54, 1.807) is 11.3 Å². The van der Waals surface area contributed by atoms with Gasteiger partial charge in [-0.15, -0.1) is 11.3 Å². The van der Waals surface area contributed by atoms with Crippen molar-refractivity contribution in [1.29, 1.82) is 0 Å². The van der Waals surface area contributed by atoms with E-state index in [4.69, 9.17) is 0 Å². The van der Waals surface area contributed by atoms with Crippen LogP contribution >= 0.6 is 11.3 Å². The Balaban J connectivity index is 1.88. The van der Waals surface area contributed by atoms with Gasteiger partial charge in [0.25, 0.3) is 0 Å². The van der Waals surface area contributed by atoms with Crippen LogP contribution in [0.15, 0.2) is 54.0 Å². The highest BCUT2D eigenvalue weighted by Crippen LogP contribution is 2.28. The van der Waals surface area contributed by atoms with Crippen LogP contribution in [0, 0.1) is 0 Å². The summed E-state index contributed by atoms with van der Waals surface area (Å²) in [5, 5.41) is 9.57. The maximum Gasteiger partial charge on any atom is 0.109 e. The smallest absolute Gasteiger partial charge is 0.109 e. The minimum Gasteiger partial charge on any atom is -0.301 e. The van der Waals surface area contributed by atoms with Gasteiger partial charge in [0.15, 0.2) is 0 Å². The summed E-state index contributed by atoms with van der Waals surface area (Å²) >= 11 is 1.72. The molecular formula is C18H20N2S. The zero-order valence-corrected chi connectivity index (χ0v) is 13.2. The summed E-state index contributed by atoms with van der Waals surface area (Å²) in [6.07, 6.45) is 2.93. The second-order valence-corrected chi connectivity index (χ2v) is 6.21. The lowest BCUT2D eigenvalue weighted by molar-refractivity contribution is 0.456. The van der Waals surface area contributed by atoms with Crippen LogP contribution in [-0.4, -0.2) is 4.98 Å². The lowest BCUT2D eigenvalue weighted by atomic mass is 9.99. The maximum absolute atomic E-state index is 4.45. The van der Waals surface area contributed by atoms with E-state index in [2.05, 4.69) is 66.6 Å². The third kappa shape index (κ3) is 2.99. The molecule has 0 spiro atoms. The Morgan fingerprint density at radius 2 is 1.95 bits per heavy atom. The number of hydrogen-bond acceptors (Lipinski definition) is 3. The van der Waals surface area contributed by atoms with Crippen molar-refractivity contribution in [2.75, 3.05) is 0 Å². The normalized spacial score (nSPS) is 14.2. The van der Waals surface area contributed by atoms with E-state index in [1.165, 1.54) is 21.3 Å². The SMILES string of the molecule is CCC(NC(C)c1cccc2ccccc12)c1nccs1. The Morgan fingerprint density at radius 3 is 2.71 bits per heavy atom. The van der Waals surface area contributed by atoms with Crippen LogP contribution in [0.1, 0.15) is 42.9 Å². The molecule has 1 heterocycles. The number of fused-ring (bicyclic) bond motifs is 1. The second kappa shape index (κ2) is 6.37. The average molecular weight is 296 g/mol. The van der Waals surface area contributed by atoms with Gasteiger partial charge in [0.2, 0.25) is 0 Å². The Morgan fingerprint density at radius 1 is 1.14 bits per heavy atom. The molecule has 2 nitrogen and oxygen atoms in total. The zero-order valence-electron chi connectivity index (χ0n) is 12.4. The standard InChI is InChI=1S/C18H20N2S/c1-3-17(18-19-11-12-21-18)20-13(2)15-10-6-8-14-7-4-5-9-16(14)15/h4-13,17,20H,3H2,1-2H3. The van der Waals surface area contributed by atoms with Crippen LogP contribution in [0.3, 0.4) is 0 Å². The molecule has 21 heavy (non-hydrogen) atoms. The Hall–Kier alpha value is -1.71. The average Bonchev–Trinajstić information content (AvgIpc) is 3.06. The zero-order chi connectivity index (χ0) is 14.7. The molecule has 0 radical (unpaired) electrons. The van der Waals surface area contributed by atoms with Gasteiger partial charge in [0, 0.05) is 17.6 Å². The van der Waals surface area contributed by atoms with E-state index in [0.29, 0.717) is 12.1 Å². The lowest BCUT2D eigenvalue weighted by Gasteiger charge is -2.22. The Bertz CT molecular complexity index is 701. The summed E-state index contributed by atoms with van der Waals surface area (Å²) in [7, 11) is 0. The molecule has 0 aliphatic heterocycles. The Kier molecular flexibility index (Phi) is 4.32. The second-order valence-electron chi connectivity index (χ2n) is 5.29. The van der Waals surface area contributed by atoms with Crippen molar-refractivity contribution in [1.82, 2.24) is 10.3 Å². The van der Waals surface area contributed by atoms with Crippen LogP contribution in [0.5, 0.6) is 0 Å². The van der Waals surface area contributed by atoms with Crippen LogP contribution in [-0.2, 0) is 0 Å². The van der Waals surface area contributed by atoms with Crippen molar-refractivity contribution < 1.29 is 0 Å². The third-order valence-corrected chi connectivity index (χ3v) is 4.79. The molecule has 1 aromatic heterocycles. The van der Waals surface area contributed by atoms with Crippen molar-refractivity contribution in [2.45, 2.75) is 32.4 Å². The van der Waals surface area contributed by atoms with Crippen LogP contribution in [0.25, 0.3) is 10.8 Å². The molecule has 3 heteroatoms. The fourth-order valence-electron chi connectivity index (χ4n) is 2.79. The van der Waals surface area contributed by atoms with Crippen molar-refractivity contribution in [2.24, 2.45) is 0 Å². The molecule has 0 aliphatic rings. The van der Waals surface area contributed by atoms with E-state index < -0.39 is 0 Å². The minimum absolute atomic E-state index is 0.296. The molecule has 2 atom stereocenters. The molecule has 2 aromatic carbocycles. The summed E-state index contributed by atoms with van der Waals surface area (Å²) in [5.74, 6) is 0. The van der Waals surface area contributed by atoms with Gasteiger partial charge in [-0.25, -0.2) is 4.98 Å². The molecule has 0 fully saturated rings. The van der Waals surface area contributed by atoms with Gasteiger partial charge in [-0.1, -0.05) is 49.4 Å². The first-order chi connectivity index (χ1) is 10.3. The monoisotopic (exact) mass is 296 g/mol. The van der Waals surface area contributed by atoms with Crippen LogP contribution < -0.4 is 5.32 Å². The molecule has 0 saturated carbocycles. The topological polar surface area (TPSA) is 24.9 Å². The summed E-state index contributed by atoms with van der Waals surface area (Å²) in [5.41, 5.74) is 1.35. The largest absolute Gasteiger partial charge is 0.301 e. The highest BCUT2D eigenvalue weighted by molar-refractivity contribution is 7.09. The highest BCUT2D eigenvalue weighted by atomic mass is 32.1. The first kappa shape index (κ1) is 14.2. The first-order valence-electron chi connectivity index (χ1n) is 7.42. The van der Waals surface area contributed by atoms with Crippen LogP contribution in [0.4, 0.5) is 0 Å². The molecule has 0 saturated heterocycles. The number of aromatic nitrogens is 1. The van der Waals surface area contributed by atoms with Gasteiger partial charge in [0.1, 0.15) is 5.01 Å². The van der Waals surface area contributed by atoms with Gasteiger partial charge < -0.3 is 5.32 Å².